The van der Waals surface area contributed by atoms with Crippen LogP contribution in [0.2, 0.25) is 0 Å². The fraction of sp³-hybridized carbons (Fsp3) is 0.320. The second-order valence-corrected chi connectivity index (χ2v) is 8.73. The van der Waals surface area contributed by atoms with Crippen molar-refractivity contribution >= 4 is 19.0 Å². The summed E-state index contributed by atoms with van der Waals surface area (Å²) in [7, 11) is -1.26. The predicted octanol–water partition coefficient (Wildman–Crippen LogP) is 1.85. The molecule has 1 aliphatic rings. The number of hydrogen-bond donors (Lipinski definition) is 3. The zero-order valence-electron chi connectivity index (χ0n) is 19.7. The van der Waals surface area contributed by atoms with Crippen LogP contribution in [0.5, 0.6) is 0 Å². The largest absolute Gasteiger partial charge is 0.481 e. The lowest BCUT2D eigenvalue weighted by molar-refractivity contribution is -0.139. The first-order chi connectivity index (χ1) is 17.5. The van der Waals surface area contributed by atoms with E-state index in [2.05, 4.69) is 25.2 Å². The molecule has 3 aromatic rings. The number of aromatic nitrogens is 3. The molecular weight excluding hydrogens is 461 g/mol. The summed E-state index contributed by atoms with van der Waals surface area (Å²) < 4.78 is 5.34. The van der Waals surface area contributed by atoms with Gasteiger partial charge in [-0.3, -0.25) is 29.4 Å². The second kappa shape index (κ2) is 12.3. The molecule has 0 saturated carbocycles. The lowest BCUT2D eigenvalue weighted by Crippen LogP contribution is -2.52. The molecule has 186 valence electrons. The van der Waals surface area contributed by atoms with Crippen LogP contribution in [-0.2, 0) is 29.1 Å². The van der Waals surface area contributed by atoms with Gasteiger partial charge >= 0.3 is 13.1 Å². The molecule has 0 bridgehead atoms. The molecule has 1 aliphatic heterocycles. The van der Waals surface area contributed by atoms with E-state index in [1.165, 1.54) is 6.20 Å². The standard InChI is InChI=1S/C25H28BN5O5/c32-24(33)13-22-9-10-23(26(35)36-22)30-25(34)18-7-8-21(29-14-18)17-31(15-19-5-1-3-11-27-19)16-20-6-2-4-12-28-20/h1-8,11-12,14,22-23,35H,9-10,13,15-17H2,(H,30,34)(H,32,33)/t22-,23-/m0/s1. The van der Waals surface area contributed by atoms with Crippen molar-refractivity contribution in [2.24, 2.45) is 0 Å². The third-order valence-electron chi connectivity index (χ3n) is 5.89. The topological polar surface area (TPSA) is 138 Å². The van der Waals surface area contributed by atoms with Gasteiger partial charge in [0.15, 0.2) is 0 Å². The Labute approximate surface area is 209 Å². The number of carboxylic acids is 1. The first-order valence-electron chi connectivity index (χ1n) is 11.8. The maximum absolute atomic E-state index is 12.7. The van der Waals surface area contributed by atoms with Gasteiger partial charge in [0.2, 0.25) is 0 Å². The highest BCUT2D eigenvalue weighted by Gasteiger charge is 2.36. The summed E-state index contributed by atoms with van der Waals surface area (Å²) in [6.45, 7) is 1.77. The average Bonchev–Trinajstić information content (AvgIpc) is 2.87. The molecule has 1 fully saturated rings. The second-order valence-electron chi connectivity index (χ2n) is 8.73. The molecule has 4 rings (SSSR count). The van der Waals surface area contributed by atoms with Gasteiger partial charge in [-0.2, -0.15) is 0 Å². The molecule has 10 nitrogen and oxygen atoms in total. The number of nitrogens with zero attached hydrogens (tertiary/aromatic N) is 4. The molecule has 4 heterocycles. The van der Waals surface area contributed by atoms with E-state index in [-0.39, 0.29) is 12.3 Å². The van der Waals surface area contributed by atoms with Crippen LogP contribution in [0.4, 0.5) is 0 Å². The first-order valence-corrected chi connectivity index (χ1v) is 11.8. The Balaban J connectivity index is 1.36. The van der Waals surface area contributed by atoms with E-state index in [0.717, 1.165) is 17.1 Å². The molecule has 0 aliphatic carbocycles. The molecule has 3 aromatic heterocycles. The number of carboxylic acid groups (broad SMARTS) is 1. The maximum Gasteiger partial charge on any atom is 0.478 e. The van der Waals surface area contributed by atoms with Crippen LogP contribution in [0, 0.1) is 0 Å². The molecule has 3 N–H and O–H groups in total. The lowest BCUT2D eigenvalue weighted by Gasteiger charge is -2.30. The van der Waals surface area contributed by atoms with Crippen LogP contribution in [0.1, 0.15) is 46.7 Å². The van der Waals surface area contributed by atoms with Crippen molar-refractivity contribution in [3.63, 3.8) is 0 Å². The fourth-order valence-corrected chi connectivity index (χ4v) is 4.10. The van der Waals surface area contributed by atoms with Gasteiger partial charge in [-0.15, -0.1) is 0 Å². The van der Waals surface area contributed by atoms with Crippen molar-refractivity contribution in [3.8, 4) is 0 Å². The number of pyridine rings is 3. The Morgan fingerprint density at radius 3 is 2.08 bits per heavy atom. The molecular formula is C25H28BN5O5. The summed E-state index contributed by atoms with van der Waals surface area (Å²) in [6, 6.07) is 15.1. The summed E-state index contributed by atoms with van der Waals surface area (Å²) in [6.07, 6.45) is 5.15. The minimum atomic E-state index is -1.26. The van der Waals surface area contributed by atoms with E-state index < -0.39 is 25.1 Å². The zero-order valence-corrected chi connectivity index (χ0v) is 19.7. The van der Waals surface area contributed by atoms with Crippen molar-refractivity contribution in [1.29, 1.82) is 0 Å². The van der Waals surface area contributed by atoms with Gasteiger partial charge in [0.1, 0.15) is 0 Å². The Morgan fingerprint density at radius 2 is 1.58 bits per heavy atom. The van der Waals surface area contributed by atoms with Gasteiger partial charge in [-0.05, 0) is 49.2 Å². The monoisotopic (exact) mass is 489 g/mol. The quantitative estimate of drug-likeness (QED) is 0.364. The molecule has 2 atom stereocenters. The smallest absolute Gasteiger partial charge is 0.478 e. The van der Waals surface area contributed by atoms with Crippen molar-refractivity contribution in [3.05, 3.63) is 89.8 Å². The van der Waals surface area contributed by atoms with E-state index in [4.69, 9.17) is 9.76 Å². The third kappa shape index (κ3) is 7.41. The van der Waals surface area contributed by atoms with Gasteiger partial charge in [-0.1, -0.05) is 12.1 Å². The number of carbonyl (C=O) groups excluding carboxylic acids is 1. The van der Waals surface area contributed by atoms with Crippen molar-refractivity contribution in [2.45, 2.75) is 50.9 Å². The van der Waals surface area contributed by atoms with Crippen molar-refractivity contribution in [1.82, 2.24) is 25.2 Å². The molecule has 0 spiro atoms. The third-order valence-corrected chi connectivity index (χ3v) is 5.89. The van der Waals surface area contributed by atoms with Crippen LogP contribution in [-0.4, -0.2) is 61.0 Å². The summed E-state index contributed by atoms with van der Waals surface area (Å²) in [5.74, 6) is -1.98. The van der Waals surface area contributed by atoms with Gasteiger partial charge in [0, 0.05) is 38.2 Å². The number of aliphatic carboxylic acids is 1. The van der Waals surface area contributed by atoms with E-state index >= 15 is 0 Å². The molecule has 11 heteroatoms. The van der Waals surface area contributed by atoms with Gasteiger partial charge < -0.3 is 20.1 Å². The number of hydrogen-bond acceptors (Lipinski definition) is 8. The first kappa shape index (κ1) is 25.4. The molecule has 0 radical (unpaired) electrons. The molecule has 0 unspecified atom stereocenters. The van der Waals surface area contributed by atoms with E-state index in [1.54, 1.807) is 24.5 Å². The molecule has 0 aromatic carbocycles. The Kier molecular flexibility index (Phi) is 8.72. The summed E-state index contributed by atoms with van der Waals surface area (Å²) in [5.41, 5.74) is 3.02. The highest BCUT2D eigenvalue weighted by Crippen LogP contribution is 2.19. The van der Waals surface area contributed by atoms with Crippen LogP contribution < -0.4 is 5.32 Å². The summed E-state index contributed by atoms with van der Waals surface area (Å²) in [5, 5.41) is 21.8. The summed E-state index contributed by atoms with van der Waals surface area (Å²) >= 11 is 0. The number of amides is 1. The highest BCUT2D eigenvalue weighted by atomic mass is 16.5. The van der Waals surface area contributed by atoms with E-state index in [0.29, 0.717) is 38.0 Å². The maximum atomic E-state index is 12.7. The SMILES string of the molecule is O=C(O)C[C@@H]1CC[C@H](NC(=O)c2ccc(CN(Cc3ccccn3)Cc3ccccn3)nc2)B(O)O1. The minimum Gasteiger partial charge on any atom is -0.481 e. The number of nitrogens with one attached hydrogen (secondary N) is 1. The Bertz CT molecular complexity index is 1100. The van der Waals surface area contributed by atoms with Gasteiger partial charge in [-0.25, -0.2) is 0 Å². The fourth-order valence-electron chi connectivity index (χ4n) is 4.10. The molecule has 1 amide bonds. The summed E-state index contributed by atoms with van der Waals surface area (Å²) in [4.78, 5) is 39.0. The van der Waals surface area contributed by atoms with E-state index in [1.807, 2.05) is 36.4 Å². The molecule has 36 heavy (non-hydrogen) atoms. The van der Waals surface area contributed by atoms with Crippen LogP contribution >= 0.6 is 0 Å². The normalized spacial score (nSPS) is 17.7. The van der Waals surface area contributed by atoms with Crippen molar-refractivity contribution in [2.75, 3.05) is 0 Å². The average molecular weight is 489 g/mol. The van der Waals surface area contributed by atoms with Crippen LogP contribution in [0.15, 0.2) is 67.1 Å². The van der Waals surface area contributed by atoms with Crippen LogP contribution in [0.3, 0.4) is 0 Å². The molecule has 1 saturated heterocycles. The lowest BCUT2D eigenvalue weighted by atomic mass is 9.72. The van der Waals surface area contributed by atoms with E-state index in [9.17, 15) is 14.6 Å². The van der Waals surface area contributed by atoms with Gasteiger partial charge in [0.05, 0.1) is 41.1 Å². The number of carbonyl (C=O) groups is 2. The Morgan fingerprint density at radius 1 is 0.944 bits per heavy atom. The Hall–Kier alpha value is -3.67. The predicted molar refractivity (Wildman–Crippen MR) is 131 cm³/mol. The van der Waals surface area contributed by atoms with Crippen molar-refractivity contribution < 1.29 is 24.4 Å². The highest BCUT2D eigenvalue weighted by molar-refractivity contribution is 6.45. The minimum absolute atomic E-state index is 0.180. The number of rotatable bonds is 10. The van der Waals surface area contributed by atoms with Crippen LogP contribution in [0.25, 0.3) is 0 Å². The zero-order chi connectivity index (χ0) is 25.3. The van der Waals surface area contributed by atoms with Gasteiger partial charge in [0.25, 0.3) is 5.91 Å².